The third-order valence-corrected chi connectivity index (χ3v) is 3.39. The maximum absolute atomic E-state index is 6.04. The highest BCUT2D eigenvalue weighted by molar-refractivity contribution is 9.10. The fraction of sp³-hybridized carbons (Fsp3) is 0.231. The van der Waals surface area contributed by atoms with Crippen LogP contribution in [0.1, 0.15) is 12.7 Å². The number of nitrogens with one attached hydrogen (secondary N) is 1. The number of furan rings is 1. The Morgan fingerprint density at radius 2 is 2.11 bits per heavy atom. The first kappa shape index (κ1) is 14.6. The van der Waals surface area contributed by atoms with E-state index >= 15 is 0 Å². The van der Waals surface area contributed by atoms with Gasteiger partial charge in [0, 0.05) is 5.02 Å². The number of hydrogen-bond acceptors (Lipinski definition) is 3. The molecular weight excluding hydrogens is 353 g/mol. The number of rotatable bonds is 5. The zero-order valence-corrected chi connectivity index (χ0v) is 13.3. The fourth-order valence-corrected chi connectivity index (χ4v) is 2.70. The molecule has 0 fully saturated rings. The molecular formula is C13H12BrCl2NO2. The molecule has 0 atom stereocenters. The lowest BCUT2D eigenvalue weighted by atomic mass is 10.3. The Kier molecular flexibility index (Phi) is 5.02. The monoisotopic (exact) mass is 363 g/mol. The third kappa shape index (κ3) is 3.81. The van der Waals surface area contributed by atoms with Crippen molar-refractivity contribution in [3.63, 3.8) is 0 Å². The highest BCUT2D eigenvalue weighted by Gasteiger charge is 2.10. The first-order valence-electron chi connectivity index (χ1n) is 5.70. The first-order valence-corrected chi connectivity index (χ1v) is 7.25. The zero-order valence-electron chi connectivity index (χ0n) is 10.2. The van der Waals surface area contributed by atoms with Gasteiger partial charge in [-0.1, -0.05) is 11.6 Å². The van der Waals surface area contributed by atoms with Gasteiger partial charge in [0.2, 0.25) is 0 Å². The Hall–Kier alpha value is -0.840. The van der Waals surface area contributed by atoms with Gasteiger partial charge in [-0.05, 0) is 58.7 Å². The van der Waals surface area contributed by atoms with Gasteiger partial charge in [0.1, 0.15) is 5.76 Å². The van der Waals surface area contributed by atoms with E-state index in [4.69, 9.17) is 32.4 Å². The molecule has 0 spiro atoms. The van der Waals surface area contributed by atoms with Gasteiger partial charge in [0.15, 0.2) is 11.0 Å². The summed E-state index contributed by atoms with van der Waals surface area (Å²) in [6, 6.07) is 7.12. The van der Waals surface area contributed by atoms with E-state index in [1.807, 2.05) is 19.1 Å². The molecule has 0 saturated carbocycles. The number of anilines is 1. The molecule has 0 aliphatic heterocycles. The summed E-state index contributed by atoms with van der Waals surface area (Å²) >= 11 is 15.2. The van der Waals surface area contributed by atoms with Crippen LogP contribution in [0, 0.1) is 0 Å². The van der Waals surface area contributed by atoms with Crippen molar-refractivity contribution in [2.24, 2.45) is 0 Å². The summed E-state index contributed by atoms with van der Waals surface area (Å²) in [5.74, 6) is 1.47. The van der Waals surface area contributed by atoms with Gasteiger partial charge in [-0.25, -0.2) is 0 Å². The molecule has 2 rings (SSSR count). The summed E-state index contributed by atoms with van der Waals surface area (Å²) in [5.41, 5.74) is 0.800. The summed E-state index contributed by atoms with van der Waals surface area (Å²) in [5, 5.41) is 4.21. The van der Waals surface area contributed by atoms with E-state index in [0.29, 0.717) is 23.4 Å². The van der Waals surface area contributed by atoms with Crippen LogP contribution in [-0.2, 0) is 6.54 Å². The van der Waals surface area contributed by atoms with Gasteiger partial charge in [-0.15, -0.1) is 0 Å². The topological polar surface area (TPSA) is 34.4 Å². The van der Waals surface area contributed by atoms with Crippen molar-refractivity contribution >= 4 is 44.8 Å². The van der Waals surface area contributed by atoms with Crippen molar-refractivity contribution in [1.29, 1.82) is 0 Å². The van der Waals surface area contributed by atoms with Gasteiger partial charge < -0.3 is 14.5 Å². The first-order chi connectivity index (χ1) is 9.10. The van der Waals surface area contributed by atoms with Crippen molar-refractivity contribution in [2.75, 3.05) is 11.9 Å². The Bertz CT molecular complexity index is 572. The Labute approximate surface area is 130 Å². The van der Waals surface area contributed by atoms with Crippen LogP contribution in [-0.4, -0.2) is 6.61 Å². The summed E-state index contributed by atoms with van der Waals surface area (Å²) in [6.45, 7) is 3.00. The second-order valence-corrected chi connectivity index (χ2v) is 5.42. The summed E-state index contributed by atoms with van der Waals surface area (Å²) in [4.78, 5) is 0. The lowest BCUT2D eigenvalue weighted by molar-refractivity contribution is 0.339. The lowest BCUT2D eigenvalue weighted by Gasteiger charge is -2.14. The zero-order chi connectivity index (χ0) is 13.8. The van der Waals surface area contributed by atoms with Crippen LogP contribution in [0.3, 0.4) is 0 Å². The van der Waals surface area contributed by atoms with Crippen molar-refractivity contribution < 1.29 is 9.15 Å². The minimum Gasteiger partial charge on any atom is -0.491 e. The fourth-order valence-electron chi connectivity index (χ4n) is 1.61. The number of ether oxygens (including phenoxy) is 1. The molecule has 0 saturated heterocycles. The molecule has 3 nitrogen and oxygen atoms in total. The molecule has 6 heteroatoms. The second-order valence-electron chi connectivity index (χ2n) is 3.76. The van der Waals surface area contributed by atoms with Crippen LogP contribution in [0.25, 0.3) is 0 Å². The SMILES string of the molecule is CCOc1c(Br)cc(Cl)cc1NCc1ccc(Cl)o1. The standard InChI is InChI=1S/C13H12BrCl2NO2/c1-2-18-13-10(14)5-8(15)6-11(13)17-7-9-3-4-12(16)19-9/h3-6,17H,2,7H2,1H3. The number of hydrogen-bond donors (Lipinski definition) is 1. The Balaban J connectivity index is 2.18. The van der Waals surface area contributed by atoms with Crippen LogP contribution >= 0.6 is 39.1 Å². The van der Waals surface area contributed by atoms with E-state index in [1.54, 1.807) is 12.1 Å². The molecule has 0 aliphatic rings. The molecule has 0 amide bonds. The summed E-state index contributed by atoms with van der Waals surface area (Å²) in [7, 11) is 0. The molecule has 0 bridgehead atoms. The van der Waals surface area contributed by atoms with E-state index in [0.717, 1.165) is 21.7 Å². The normalized spacial score (nSPS) is 10.5. The van der Waals surface area contributed by atoms with E-state index in [2.05, 4.69) is 21.2 Å². The summed E-state index contributed by atoms with van der Waals surface area (Å²) < 4.78 is 11.7. The third-order valence-electron chi connectivity index (χ3n) is 2.38. The predicted molar refractivity (Wildman–Crippen MR) is 81.4 cm³/mol. The van der Waals surface area contributed by atoms with E-state index < -0.39 is 0 Å². The van der Waals surface area contributed by atoms with Crippen LogP contribution in [0.15, 0.2) is 33.2 Å². The van der Waals surface area contributed by atoms with Crippen molar-refractivity contribution in [1.82, 2.24) is 0 Å². The number of halogens is 3. The highest BCUT2D eigenvalue weighted by atomic mass is 79.9. The van der Waals surface area contributed by atoms with Crippen molar-refractivity contribution in [3.8, 4) is 5.75 Å². The van der Waals surface area contributed by atoms with Gasteiger partial charge in [-0.3, -0.25) is 0 Å². The summed E-state index contributed by atoms with van der Waals surface area (Å²) in [6.07, 6.45) is 0. The molecule has 102 valence electrons. The van der Waals surface area contributed by atoms with E-state index in [9.17, 15) is 0 Å². The van der Waals surface area contributed by atoms with Gasteiger partial charge in [0.05, 0.1) is 23.3 Å². The van der Waals surface area contributed by atoms with Crippen LogP contribution < -0.4 is 10.1 Å². The Morgan fingerprint density at radius 3 is 2.74 bits per heavy atom. The quantitative estimate of drug-likeness (QED) is 0.775. The molecule has 1 aromatic carbocycles. The number of benzene rings is 1. The van der Waals surface area contributed by atoms with Crippen LogP contribution in [0.5, 0.6) is 5.75 Å². The minimum absolute atomic E-state index is 0.370. The molecule has 1 heterocycles. The van der Waals surface area contributed by atoms with Crippen molar-refractivity contribution in [3.05, 3.63) is 44.7 Å². The molecule has 1 aromatic heterocycles. The predicted octanol–water partition coefficient (Wildman–Crippen LogP) is 5.36. The molecule has 0 unspecified atom stereocenters. The average molecular weight is 365 g/mol. The van der Waals surface area contributed by atoms with Gasteiger partial charge in [-0.2, -0.15) is 0 Å². The van der Waals surface area contributed by atoms with Crippen LogP contribution in [0.2, 0.25) is 10.2 Å². The van der Waals surface area contributed by atoms with E-state index in [1.165, 1.54) is 0 Å². The Morgan fingerprint density at radius 1 is 1.32 bits per heavy atom. The van der Waals surface area contributed by atoms with Gasteiger partial charge >= 0.3 is 0 Å². The maximum Gasteiger partial charge on any atom is 0.193 e. The molecule has 0 aliphatic carbocycles. The lowest BCUT2D eigenvalue weighted by Crippen LogP contribution is -2.02. The second kappa shape index (κ2) is 6.55. The largest absolute Gasteiger partial charge is 0.491 e. The van der Waals surface area contributed by atoms with Crippen molar-refractivity contribution in [2.45, 2.75) is 13.5 Å². The minimum atomic E-state index is 0.370. The van der Waals surface area contributed by atoms with Gasteiger partial charge in [0.25, 0.3) is 0 Å². The highest BCUT2D eigenvalue weighted by Crippen LogP contribution is 2.36. The average Bonchev–Trinajstić information content (AvgIpc) is 2.76. The molecule has 2 aromatic rings. The smallest absolute Gasteiger partial charge is 0.193 e. The maximum atomic E-state index is 6.04. The molecule has 1 N–H and O–H groups in total. The molecule has 0 radical (unpaired) electrons. The molecule has 19 heavy (non-hydrogen) atoms. The van der Waals surface area contributed by atoms with Crippen LogP contribution in [0.4, 0.5) is 5.69 Å². The van der Waals surface area contributed by atoms with E-state index in [-0.39, 0.29) is 0 Å².